The maximum absolute atomic E-state index is 12.9. The molecule has 13 heteroatoms. The lowest BCUT2D eigenvalue weighted by Gasteiger charge is -2.21. The van der Waals surface area contributed by atoms with E-state index in [1.165, 1.54) is 48.7 Å². The molecule has 0 unspecified atom stereocenters. The molecule has 4 amide bonds. The lowest BCUT2D eigenvalue weighted by Crippen LogP contribution is -2.53. The van der Waals surface area contributed by atoms with E-state index in [-0.39, 0.29) is 17.4 Å². The van der Waals surface area contributed by atoms with Crippen LogP contribution in [-0.4, -0.2) is 83.7 Å². The summed E-state index contributed by atoms with van der Waals surface area (Å²) in [5, 5.41) is 7.98. The Morgan fingerprint density at radius 2 is 2.00 bits per heavy atom. The van der Waals surface area contributed by atoms with Crippen molar-refractivity contribution in [2.75, 3.05) is 39.5 Å². The Balaban J connectivity index is 1.63. The molecule has 3 N–H and O–H groups in total. The summed E-state index contributed by atoms with van der Waals surface area (Å²) >= 11 is 7.05. The number of amides is 4. The maximum Gasteiger partial charge on any atom is 0.314 e. The summed E-state index contributed by atoms with van der Waals surface area (Å²) in [6.07, 6.45) is 3.07. The molecule has 182 valence electrons. The van der Waals surface area contributed by atoms with Crippen LogP contribution < -0.4 is 16.0 Å². The zero-order chi connectivity index (χ0) is 24.8. The molecule has 0 radical (unpaired) electrons. The Bertz CT molecular complexity index is 1070. The van der Waals surface area contributed by atoms with E-state index >= 15 is 0 Å². The summed E-state index contributed by atoms with van der Waals surface area (Å²) in [5.74, 6) is -2.75. The van der Waals surface area contributed by atoms with Gasteiger partial charge in [-0.3, -0.25) is 19.2 Å². The quantitative estimate of drug-likeness (QED) is 0.484. The van der Waals surface area contributed by atoms with Crippen LogP contribution in [0.2, 0.25) is 5.02 Å². The van der Waals surface area contributed by atoms with Gasteiger partial charge in [-0.15, -0.1) is 11.3 Å². The molecule has 0 saturated carbocycles. The van der Waals surface area contributed by atoms with Gasteiger partial charge in [0.15, 0.2) is 5.01 Å². The van der Waals surface area contributed by atoms with E-state index in [4.69, 9.17) is 11.6 Å². The fourth-order valence-corrected chi connectivity index (χ4v) is 4.47. The third-order valence-electron chi connectivity index (χ3n) is 5.03. The first kappa shape index (κ1) is 25.5. The third-order valence-corrected chi connectivity index (χ3v) is 6.33. The van der Waals surface area contributed by atoms with E-state index in [1.54, 1.807) is 0 Å². The number of carbonyl (C=O) groups is 4. The van der Waals surface area contributed by atoms with Crippen molar-refractivity contribution in [1.82, 2.24) is 30.4 Å². The third kappa shape index (κ3) is 6.72. The van der Waals surface area contributed by atoms with Crippen LogP contribution in [0.5, 0.6) is 0 Å². The van der Waals surface area contributed by atoms with Crippen LogP contribution in [0, 0.1) is 0 Å². The highest BCUT2D eigenvalue weighted by Gasteiger charge is 2.27. The summed E-state index contributed by atoms with van der Waals surface area (Å²) in [6, 6.07) is 1.87. The van der Waals surface area contributed by atoms with Crippen molar-refractivity contribution < 1.29 is 19.2 Å². The van der Waals surface area contributed by atoms with Gasteiger partial charge in [0.05, 0.1) is 10.7 Å². The zero-order valence-corrected chi connectivity index (χ0v) is 20.6. The molecule has 0 aliphatic carbocycles. The van der Waals surface area contributed by atoms with Crippen LogP contribution in [0.3, 0.4) is 0 Å². The minimum atomic E-state index is -1.08. The van der Waals surface area contributed by atoms with Crippen molar-refractivity contribution >= 4 is 52.4 Å². The van der Waals surface area contributed by atoms with Crippen molar-refractivity contribution in [2.45, 2.75) is 25.4 Å². The number of rotatable bonds is 6. The van der Waals surface area contributed by atoms with Crippen LogP contribution in [0.4, 0.5) is 5.82 Å². The Labute approximate surface area is 205 Å². The van der Waals surface area contributed by atoms with E-state index in [9.17, 15) is 19.2 Å². The van der Waals surface area contributed by atoms with Crippen LogP contribution in [-0.2, 0) is 27.3 Å². The summed E-state index contributed by atoms with van der Waals surface area (Å²) in [4.78, 5) is 62.7. The molecule has 0 saturated heterocycles. The van der Waals surface area contributed by atoms with Crippen molar-refractivity contribution in [1.29, 1.82) is 0 Å². The van der Waals surface area contributed by atoms with Gasteiger partial charge in [0.2, 0.25) is 5.91 Å². The highest BCUT2D eigenvalue weighted by atomic mass is 35.5. The number of carbonyl (C=O) groups excluding carboxylic acids is 4. The van der Waals surface area contributed by atoms with E-state index in [2.05, 4.69) is 30.8 Å². The Kier molecular flexibility index (Phi) is 8.53. The van der Waals surface area contributed by atoms with Gasteiger partial charge in [-0.25, -0.2) is 9.97 Å². The molecule has 3 rings (SSSR count). The molecule has 0 fully saturated rings. The highest BCUT2D eigenvalue weighted by molar-refractivity contribution is 7.13. The molecule has 11 nitrogen and oxygen atoms in total. The van der Waals surface area contributed by atoms with Crippen molar-refractivity contribution in [2.24, 2.45) is 0 Å². The van der Waals surface area contributed by atoms with E-state index < -0.39 is 29.7 Å². The molecule has 1 aliphatic heterocycles. The number of aromatic nitrogens is 2. The Morgan fingerprint density at radius 1 is 1.24 bits per heavy atom. The number of fused-ring (bicyclic) bond motifs is 1. The monoisotopic (exact) mass is 507 g/mol. The SMILES string of the molecule is CN1CCCc2nc(C(=O)N[C@@H](CNC(=O)C(=O)Nc3ccc(Cl)cn3)C(=O)N(C)C)sc2C1. The summed E-state index contributed by atoms with van der Waals surface area (Å²) < 4.78 is 0. The topological polar surface area (TPSA) is 137 Å². The number of halogens is 1. The lowest BCUT2D eigenvalue weighted by molar-refractivity contribution is -0.136. The molecule has 3 heterocycles. The molecular formula is C21H26ClN7O4S. The standard InChI is InChI=1S/C21H26ClN7O4S/c1-28(2)21(33)14(10-24-17(30)18(31)27-16-7-6-12(22)9-23-16)25-19(32)20-26-13-5-4-8-29(3)11-15(13)34-20/h6-7,9,14H,4-5,8,10-11H2,1-3H3,(H,24,30)(H,25,32)(H,23,27,31)/t14-/m0/s1. The van der Waals surface area contributed by atoms with Crippen molar-refractivity contribution in [3.05, 3.63) is 38.9 Å². The summed E-state index contributed by atoms with van der Waals surface area (Å²) in [6.45, 7) is 1.40. The van der Waals surface area contributed by atoms with Crippen LogP contribution >= 0.6 is 22.9 Å². The number of nitrogens with zero attached hydrogens (tertiary/aromatic N) is 4. The molecule has 0 bridgehead atoms. The summed E-state index contributed by atoms with van der Waals surface area (Å²) in [7, 11) is 5.08. The molecule has 1 aliphatic rings. The number of aryl methyl sites for hydroxylation is 1. The number of nitrogens with one attached hydrogen (secondary N) is 3. The predicted octanol–water partition coefficient (Wildman–Crippen LogP) is 0.511. The first-order valence-electron chi connectivity index (χ1n) is 10.5. The second kappa shape index (κ2) is 11.4. The largest absolute Gasteiger partial charge is 0.347 e. The lowest BCUT2D eigenvalue weighted by atomic mass is 10.2. The van der Waals surface area contributed by atoms with Crippen LogP contribution in [0.25, 0.3) is 0 Å². The summed E-state index contributed by atoms with van der Waals surface area (Å²) in [5.41, 5.74) is 0.899. The van der Waals surface area contributed by atoms with Crippen LogP contribution in [0.15, 0.2) is 18.3 Å². The smallest absolute Gasteiger partial charge is 0.314 e. The van der Waals surface area contributed by atoms with Gasteiger partial charge in [-0.05, 0) is 38.6 Å². The molecular weight excluding hydrogens is 482 g/mol. The number of anilines is 1. The Hall–Kier alpha value is -3.09. The molecule has 34 heavy (non-hydrogen) atoms. The van der Waals surface area contributed by atoms with Gasteiger partial charge in [-0.2, -0.15) is 0 Å². The van der Waals surface area contributed by atoms with Crippen molar-refractivity contribution in [3.8, 4) is 0 Å². The normalized spacial score (nSPS) is 14.4. The number of thiazole rings is 1. The molecule has 1 atom stereocenters. The van der Waals surface area contributed by atoms with Gasteiger partial charge in [0.1, 0.15) is 11.9 Å². The number of pyridine rings is 1. The van der Waals surface area contributed by atoms with E-state index in [1.807, 2.05) is 7.05 Å². The minimum absolute atomic E-state index is 0.146. The molecule has 2 aromatic heterocycles. The second-order valence-electron chi connectivity index (χ2n) is 8.01. The fourth-order valence-electron chi connectivity index (χ4n) is 3.27. The van der Waals surface area contributed by atoms with Gasteiger partial charge in [-0.1, -0.05) is 11.6 Å². The average Bonchev–Trinajstić information content (AvgIpc) is 3.11. The van der Waals surface area contributed by atoms with E-state index in [0.29, 0.717) is 11.6 Å². The predicted molar refractivity (Wildman–Crippen MR) is 128 cm³/mol. The van der Waals surface area contributed by atoms with E-state index in [0.717, 1.165) is 30.0 Å². The fraction of sp³-hybridized carbons (Fsp3) is 0.429. The van der Waals surface area contributed by atoms with Gasteiger partial charge >= 0.3 is 11.8 Å². The molecule has 0 aromatic carbocycles. The first-order chi connectivity index (χ1) is 16.1. The second-order valence-corrected chi connectivity index (χ2v) is 9.53. The molecule has 0 spiro atoms. The minimum Gasteiger partial charge on any atom is -0.347 e. The van der Waals surface area contributed by atoms with Crippen molar-refractivity contribution in [3.63, 3.8) is 0 Å². The number of hydrogen-bond donors (Lipinski definition) is 3. The number of likely N-dealkylation sites (N-methyl/N-ethyl adjacent to an activating group) is 1. The van der Waals surface area contributed by atoms with Gasteiger partial charge in [0.25, 0.3) is 5.91 Å². The zero-order valence-electron chi connectivity index (χ0n) is 19.1. The first-order valence-corrected chi connectivity index (χ1v) is 11.7. The molecule has 2 aromatic rings. The number of hydrogen-bond acceptors (Lipinski definition) is 8. The Morgan fingerprint density at radius 3 is 2.68 bits per heavy atom. The average molecular weight is 508 g/mol. The van der Waals surface area contributed by atoms with Gasteiger partial charge < -0.3 is 25.8 Å². The van der Waals surface area contributed by atoms with Gasteiger partial charge in [0, 0.05) is 38.3 Å². The maximum atomic E-state index is 12.9. The highest BCUT2D eigenvalue weighted by Crippen LogP contribution is 2.24. The van der Waals surface area contributed by atoms with Crippen LogP contribution in [0.1, 0.15) is 26.8 Å².